The first-order valence-corrected chi connectivity index (χ1v) is 7.96. The van der Waals surface area contributed by atoms with Crippen LogP contribution in [0.25, 0.3) is 0 Å². The fourth-order valence-electron chi connectivity index (χ4n) is 2.07. The van der Waals surface area contributed by atoms with Crippen molar-refractivity contribution in [2.24, 2.45) is 5.92 Å². The summed E-state index contributed by atoms with van der Waals surface area (Å²) in [6.45, 7) is 5.88. The van der Waals surface area contributed by atoms with Gasteiger partial charge in [-0.1, -0.05) is 13.3 Å². The number of hydrogen-bond acceptors (Lipinski definition) is 8. The number of ketones is 1. The van der Waals surface area contributed by atoms with Crippen LogP contribution in [-0.4, -0.2) is 54.2 Å². The smallest absolute Gasteiger partial charge is 0.340 e. The summed E-state index contributed by atoms with van der Waals surface area (Å²) < 4.78 is 14.4. The van der Waals surface area contributed by atoms with Gasteiger partial charge in [-0.25, -0.2) is 4.79 Å². The average Bonchev–Trinajstić information content (AvgIpc) is 2.47. The molecule has 24 heavy (non-hydrogen) atoms. The van der Waals surface area contributed by atoms with Crippen molar-refractivity contribution < 1.29 is 38.5 Å². The monoisotopic (exact) mass is 346 g/mol. The topological polar surface area (TPSA) is 116 Å². The molecule has 0 aliphatic carbocycles. The van der Waals surface area contributed by atoms with Crippen molar-refractivity contribution >= 4 is 23.7 Å². The van der Waals surface area contributed by atoms with Crippen molar-refractivity contribution in [3.63, 3.8) is 0 Å². The molecule has 2 unspecified atom stereocenters. The molecule has 0 saturated carbocycles. The van der Waals surface area contributed by atoms with Crippen molar-refractivity contribution in [2.45, 2.75) is 52.6 Å². The average molecular weight is 346 g/mol. The lowest BCUT2D eigenvalue weighted by Crippen LogP contribution is -2.54. The lowest BCUT2D eigenvalue weighted by atomic mass is 9.81. The normalized spacial score (nSPS) is 14.2. The molecule has 8 nitrogen and oxygen atoms in total. The summed E-state index contributed by atoms with van der Waals surface area (Å²) in [6, 6.07) is 0. The van der Waals surface area contributed by atoms with Gasteiger partial charge in [0.15, 0.2) is 11.5 Å². The van der Waals surface area contributed by atoms with Crippen LogP contribution < -0.4 is 0 Å². The summed E-state index contributed by atoms with van der Waals surface area (Å²) in [4.78, 5) is 47.9. The van der Waals surface area contributed by atoms with E-state index in [1.807, 2.05) is 6.92 Å². The van der Waals surface area contributed by atoms with Gasteiger partial charge < -0.3 is 19.3 Å². The highest BCUT2D eigenvalue weighted by molar-refractivity contribution is 6.05. The molecule has 0 saturated heterocycles. The Morgan fingerprint density at radius 2 is 1.58 bits per heavy atom. The zero-order valence-corrected chi connectivity index (χ0v) is 14.6. The first kappa shape index (κ1) is 22.0. The molecule has 0 aliphatic rings. The molecule has 0 aromatic rings. The minimum absolute atomic E-state index is 0.0531. The van der Waals surface area contributed by atoms with E-state index in [1.54, 1.807) is 0 Å². The number of rotatable bonds is 11. The van der Waals surface area contributed by atoms with Gasteiger partial charge in [0.1, 0.15) is 5.78 Å². The summed E-state index contributed by atoms with van der Waals surface area (Å²) in [5.41, 5.74) is -2.67. The molecule has 8 heteroatoms. The molecular weight excluding hydrogens is 320 g/mol. The fraction of sp³-hybridized carbons (Fsp3) is 0.750. The van der Waals surface area contributed by atoms with Crippen molar-refractivity contribution in [3.8, 4) is 0 Å². The lowest BCUT2D eigenvalue weighted by Gasteiger charge is -2.30. The summed E-state index contributed by atoms with van der Waals surface area (Å²) in [7, 11) is 0. The number of aliphatic hydroxyl groups is 1. The number of hydrogen-bond donors (Lipinski definition) is 1. The largest absolute Gasteiger partial charge is 0.466 e. The third-order valence-corrected chi connectivity index (χ3v) is 3.21. The molecular formula is C16H26O8. The summed E-state index contributed by atoms with van der Waals surface area (Å²) in [6.07, 6.45) is 0.518. The van der Waals surface area contributed by atoms with E-state index in [0.29, 0.717) is 6.42 Å². The zero-order valence-electron chi connectivity index (χ0n) is 14.6. The molecule has 0 aromatic carbocycles. The highest BCUT2D eigenvalue weighted by atomic mass is 16.6. The fourth-order valence-corrected chi connectivity index (χ4v) is 2.07. The maximum absolute atomic E-state index is 12.1. The molecule has 0 bridgehead atoms. The Bertz CT molecular complexity index is 459. The highest BCUT2D eigenvalue weighted by Crippen LogP contribution is 2.27. The van der Waals surface area contributed by atoms with E-state index in [9.17, 15) is 24.3 Å². The predicted octanol–water partition coefficient (Wildman–Crippen LogP) is 0.782. The second-order valence-corrected chi connectivity index (χ2v) is 5.19. The van der Waals surface area contributed by atoms with Crippen LogP contribution in [0.3, 0.4) is 0 Å². The first-order valence-electron chi connectivity index (χ1n) is 7.96. The molecule has 0 fully saturated rings. The van der Waals surface area contributed by atoms with E-state index in [2.05, 4.69) is 0 Å². The standard InChI is InChI=1S/C16H26O8/c1-5-8-9-24-12(18)10-16(21,15(20)23-7-3)13(11(4)17)14(19)22-6-2/h13,21H,5-10H2,1-4H3. The summed E-state index contributed by atoms with van der Waals surface area (Å²) >= 11 is 0. The van der Waals surface area contributed by atoms with E-state index in [-0.39, 0.29) is 19.8 Å². The van der Waals surface area contributed by atoms with Gasteiger partial charge in [0.2, 0.25) is 0 Å². The Labute approximate surface area is 141 Å². The molecule has 0 aromatic heterocycles. The Morgan fingerprint density at radius 1 is 1.00 bits per heavy atom. The van der Waals surface area contributed by atoms with E-state index >= 15 is 0 Å². The second kappa shape index (κ2) is 10.7. The van der Waals surface area contributed by atoms with Crippen molar-refractivity contribution in [1.82, 2.24) is 0 Å². The SMILES string of the molecule is CCCCOC(=O)CC(O)(C(=O)OCC)C(C(C)=O)C(=O)OCC. The number of Topliss-reactive ketones (excluding diaryl/α,β-unsaturated/α-hetero) is 1. The highest BCUT2D eigenvalue weighted by Gasteiger charge is 2.54. The first-order chi connectivity index (χ1) is 11.2. The van der Waals surface area contributed by atoms with Crippen LogP contribution in [0.2, 0.25) is 0 Å². The van der Waals surface area contributed by atoms with Gasteiger partial charge in [-0.2, -0.15) is 0 Å². The Balaban J connectivity index is 5.51. The van der Waals surface area contributed by atoms with Gasteiger partial charge in [0, 0.05) is 0 Å². The van der Waals surface area contributed by atoms with Gasteiger partial charge in [-0.15, -0.1) is 0 Å². The van der Waals surface area contributed by atoms with Crippen LogP contribution in [0.5, 0.6) is 0 Å². The van der Waals surface area contributed by atoms with Crippen LogP contribution in [-0.2, 0) is 33.4 Å². The maximum atomic E-state index is 12.1. The quantitative estimate of drug-likeness (QED) is 0.252. The molecule has 2 atom stereocenters. The van der Waals surface area contributed by atoms with Crippen LogP contribution in [0.1, 0.15) is 47.0 Å². The van der Waals surface area contributed by atoms with E-state index in [4.69, 9.17) is 14.2 Å². The number of carbonyl (C=O) groups is 4. The van der Waals surface area contributed by atoms with Crippen LogP contribution in [0.4, 0.5) is 0 Å². The molecule has 0 radical (unpaired) electrons. The van der Waals surface area contributed by atoms with Crippen LogP contribution >= 0.6 is 0 Å². The third kappa shape index (κ3) is 6.27. The number of unbranched alkanes of at least 4 members (excludes halogenated alkanes) is 1. The number of ether oxygens (including phenoxy) is 3. The van der Waals surface area contributed by atoms with Crippen molar-refractivity contribution in [1.29, 1.82) is 0 Å². The number of carbonyl (C=O) groups excluding carboxylic acids is 4. The van der Waals surface area contributed by atoms with Gasteiger partial charge in [-0.05, 0) is 27.2 Å². The minimum atomic E-state index is -2.67. The summed E-state index contributed by atoms with van der Waals surface area (Å²) in [5, 5.41) is 10.7. The van der Waals surface area contributed by atoms with E-state index < -0.39 is 41.6 Å². The van der Waals surface area contributed by atoms with Crippen LogP contribution in [0.15, 0.2) is 0 Å². The molecule has 0 spiro atoms. The van der Waals surface area contributed by atoms with E-state index in [0.717, 1.165) is 13.3 Å². The third-order valence-electron chi connectivity index (χ3n) is 3.21. The molecule has 138 valence electrons. The molecule has 0 aliphatic heterocycles. The van der Waals surface area contributed by atoms with Gasteiger partial charge >= 0.3 is 17.9 Å². The molecule has 0 rings (SSSR count). The van der Waals surface area contributed by atoms with E-state index in [1.165, 1.54) is 13.8 Å². The molecule has 0 amide bonds. The van der Waals surface area contributed by atoms with Gasteiger partial charge in [-0.3, -0.25) is 14.4 Å². The Morgan fingerprint density at radius 3 is 2.04 bits per heavy atom. The lowest BCUT2D eigenvalue weighted by molar-refractivity contribution is -0.187. The zero-order chi connectivity index (χ0) is 18.8. The second-order valence-electron chi connectivity index (χ2n) is 5.19. The number of esters is 3. The minimum Gasteiger partial charge on any atom is -0.466 e. The van der Waals surface area contributed by atoms with Gasteiger partial charge in [0.05, 0.1) is 26.2 Å². The molecule has 1 N–H and O–H groups in total. The van der Waals surface area contributed by atoms with Crippen molar-refractivity contribution in [2.75, 3.05) is 19.8 Å². The molecule has 0 heterocycles. The maximum Gasteiger partial charge on any atom is 0.340 e. The predicted molar refractivity (Wildman–Crippen MR) is 82.9 cm³/mol. The summed E-state index contributed by atoms with van der Waals surface area (Å²) in [5.74, 6) is -5.93. The van der Waals surface area contributed by atoms with Gasteiger partial charge in [0.25, 0.3) is 0 Å². The Kier molecular flexibility index (Phi) is 9.87. The van der Waals surface area contributed by atoms with Crippen molar-refractivity contribution in [3.05, 3.63) is 0 Å². The van der Waals surface area contributed by atoms with Crippen LogP contribution in [0, 0.1) is 5.92 Å². The Hall–Kier alpha value is -1.96.